The lowest BCUT2D eigenvalue weighted by molar-refractivity contribution is -0.148. The van der Waals surface area contributed by atoms with Gasteiger partial charge in [0.15, 0.2) is 15.9 Å². The van der Waals surface area contributed by atoms with Gasteiger partial charge in [-0.25, -0.2) is 13.2 Å². The Morgan fingerprint density at radius 3 is 2.57 bits per heavy atom. The summed E-state index contributed by atoms with van der Waals surface area (Å²) in [7, 11) is -3.66. The highest BCUT2D eigenvalue weighted by atomic mass is 32.2. The van der Waals surface area contributed by atoms with E-state index in [9.17, 15) is 18.3 Å². The van der Waals surface area contributed by atoms with Crippen molar-refractivity contribution in [3.05, 3.63) is 24.3 Å². The quantitative estimate of drug-likeness (QED) is 0.637. The van der Waals surface area contributed by atoms with E-state index in [1.54, 1.807) is 0 Å². The maximum absolute atomic E-state index is 12.4. The van der Waals surface area contributed by atoms with Gasteiger partial charge in [0.25, 0.3) is 0 Å². The number of aliphatic hydroxyl groups excluding tert-OH is 2. The Kier molecular flexibility index (Phi) is 4.22. The molecule has 1 aromatic carbocycles. The third kappa shape index (κ3) is 3.02. The minimum atomic E-state index is -3.66. The molecule has 1 aliphatic rings. The van der Waals surface area contributed by atoms with Gasteiger partial charge in [-0.2, -0.15) is 0 Å². The molecule has 0 bridgehead atoms. The van der Waals surface area contributed by atoms with E-state index in [-0.39, 0.29) is 10.6 Å². The first-order valence-corrected chi connectivity index (χ1v) is 7.80. The normalized spacial score (nSPS) is 18.0. The van der Waals surface area contributed by atoms with Gasteiger partial charge in [0.1, 0.15) is 12.4 Å². The van der Waals surface area contributed by atoms with Crippen LogP contribution in [0.3, 0.4) is 0 Å². The van der Waals surface area contributed by atoms with Gasteiger partial charge >= 0.3 is 5.97 Å². The summed E-state index contributed by atoms with van der Waals surface area (Å²) in [5, 5.41) is 26.9. The van der Waals surface area contributed by atoms with E-state index in [1.807, 2.05) is 0 Å². The minimum Gasteiger partial charge on any atom is -0.490 e. The predicted octanol–water partition coefficient (Wildman–Crippen LogP) is -0.191. The van der Waals surface area contributed by atoms with Gasteiger partial charge in [0, 0.05) is 0 Å². The van der Waals surface area contributed by atoms with Crippen molar-refractivity contribution in [3.8, 4) is 5.75 Å². The molecule has 0 heterocycles. The first-order valence-electron chi connectivity index (χ1n) is 6.32. The molecule has 1 aromatic rings. The molecule has 7 nitrogen and oxygen atoms in total. The molecule has 1 fully saturated rings. The maximum Gasteiger partial charge on any atom is 0.336 e. The number of hydrogen-bond donors (Lipinski definition) is 3. The van der Waals surface area contributed by atoms with Crippen LogP contribution >= 0.6 is 0 Å². The Hall–Kier alpha value is -1.64. The summed E-state index contributed by atoms with van der Waals surface area (Å²) in [4.78, 5) is 10.5. The van der Waals surface area contributed by atoms with Gasteiger partial charge in [-0.15, -0.1) is 0 Å². The number of carbonyl (C=O) groups is 1. The standard InChI is InChI=1S/C13H16O7S/c14-8-13(4-5-13)21(18,19)10-3-1-2-9(6-10)20-7-11(15)12(16)17/h1-3,6,11,14-15H,4-5,7-8H2,(H,16,17). The van der Waals surface area contributed by atoms with E-state index >= 15 is 0 Å². The van der Waals surface area contributed by atoms with Crippen LogP contribution in [0.1, 0.15) is 12.8 Å². The lowest BCUT2D eigenvalue weighted by Gasteiger charge is -2.14. The molecule has 1 aliphatic carbocycles. The van der Waals surface area contributed by atoms with Gasteiger partial charge in [0.2, 0.25) is 0 Å². The Bertz CT molecular complexity index is 634. The molecule has 1 saturated carbocycles. The molecular formula is C13H16O7S. The first-order chi connectivity index (χ1) is 9.82. The third-order valence-corrected chi connectivity index (χ3v) is 6.03. The Morgan fingerprint density at radius 1 is 1.38 bits per heavy atom. The van der Waals surface area contributed by atoms with E-state index in [0.717, 1.165) is 0 Å². The summed E-state index contributed by atoms with van der Waals surface area (Å²) in [5.41, 5.74) is 0. The van der Waals surface area contributed by atoms with E-state index in [0.29, 0.717) is 12.8 Å². The fourth-order valence-electron chi connectivity index (χ4n) is 1.88. The monoisotopic (exact) mass is 316 g/mol. The van der Waals surface area contributed by atoms with Crippen LogP contribution in [0.4, 0.5) is 0 Å². The summed E-state index contributed by atoms with van der Waals surface area (Å²) in [6, 6.07) is 5.58. The van der Waals surface area contributed by atoms with Gasteiger partial charge in [0.05, 0.1) is 16.2 Å². The van der Waals surface area contributed by atoms with Crippen LogP contribution in [0.25, 0.3) is 0 Å². The Morgan fingerprint density at radius 2 is 2.05 bits per heavy atom. The van der Waals surface area contributed by atoms with Crippen molar-refractivity contribution in [2.24, 2.45) is 0 Å². The summed E-state index contributed by atoms with van der Waals surface area (Å²) in [6.45, 7) is -0.915. The van der Waals surface area contributed by atoms with Crippen molar-refractivity contribution < 1.29 is 33.3 Å². The topological polar surface area (TPSA) is 121 Å². The summed E-state index contributed by atoms with van der Waals surface area (Å²) < 4.78 is 28.7. The molecule has 0 radical (unpaired) electrons. The second-order valence-electron chi connectivity index (χ2n) is 4.98. The van der Waals surface area contributed by atoms with E-state index in [2.05, 4.69) is 0 Å². The zero-order valence-corrected chi connectivity index (χ0v) is 11.9. The number of benzene rings is 1. The highest BCUT2D eigenvalue weighted by Crippen LogP contribution is 2.46. The third-order valence-electron chi connectivity index (χ3n) is 3.47. The number of hydrogen-bond acceptors (Lipinski definition) is 6. The largest absolute Gasteiger partial charge is 0.490 e. The van der Waals surface area contributed by atoms with E-state index in [1.165, 1.54) is 24.3 Å². The number of sulfone groups is 1. The molecule has 0 aliphatic heterocycles. The second-order valence-corrected chi connectivity index (χ2v) is 7.33. The summed E-state index contributed by atoms with van der Waals surface area (Å²) in [6.07, 6.45) is -0.860. The molecule has 116 valence electrons. The van der Waals surface area contributed by atoms with Crippen molar-refractivity contribution in [2.75, 3.05) is 13.2 Å². The van der Waals surface area contributed by atoms with Crippen LogP contribution in [0.5, 0.6) is 5.75 Å². The van der Waals surface area contributed by atoms with Gasteiger partial charge in [-0.1, -0.05) is 6.07 Å². The molecule has 0 amide bonds. The number of ether oxygens (including phenoxy) is 1. The maximum atomic E-state index is 12.4. The Balaban J connectivity index is 2.17. The zero-order valence-electron chi connectivity index (χ0n) is 11.1. The number of aliphatic hydroxyl groups is 2. The van der Waals surface area contributed by atoms with Crippen molar-refractivity contribution in [1.29, 1.82) is 0 Å². The Labute approximate surface area is 121 Å². The molecule has 8 heteroatoms. The van der Waals surface area contributed by atoms with Crippen LogP contribution < -0.4 is 4.74 Å². The molecule has 0 aromatic heterocycles. The van der Waals surface area contributed by atoms with Crippen molar-refractivity contribution in [2.45, 2.75) is 28.6 Å². The molecule has 3 N–H and O–H groups in total. The van der Waals surface area contributed by atoms with Gasteiger partial charge in [-0.3, -0.25) is 0 Å². The highest BCUT2D eigenvalue weighted by molar-refractivity contribution is 7.93. The summed E-state index contributed by atoms with van der Waals surface area (Å²) in [5.74, 6) is -1.28. The van der Waals surface area contributed by atoms with Gasteiger partial charge in [-0.05, 0) is 31.0 Å². The van der Waals surface area contributed by atoms with Gasteiger partial charge < -0.3 is 20.1 Å². The fourth-order valence-corrected chi connectivity index (χ4v) is 3.72. The van der Waals surface area contributed by atoms with Crippen LogP contribution in [0, 0.1) is 0 Å². The fraction of sp³-hybridized carbons (Fsp3) is 0.462. The lowest BCUT2D eigenvalue weighted by Crippen LogP contribution is -2.28. The van der Waals surface area contributed by atoms with Crippen molar-refractivity contribution in [3.63, 3.8) is 0 Å². The molecular weight excluding hydrogens is 300 g/mol. The molecule has 2 rings (SSSR count). The van der Waals surface area contributed by atoms with Crippen LogP contribution in [0.15, 0.2) is 29.2 Å². The first kappa shape index (κ1) is 15.7. The van der Waals surface area contributed by atoms with E-state index < -0.39 is 39.9 Å². The predicted molar refractivity (Wildman–Crippen MR) is 71.8 cm³/mol. The average Bonchev–Trinajstić information content (AvgIpc) is 3.26. The highest BCUT2D eigenvalue weighted by Gasteiger charge is 2.54. The number of carboxylic acid groups (broad SMARTS) is 1. The van der Waals surface area contributed by atoms with Crippen LogP contribution in [-0.4, -0.2) is 53.8 Å². The van der Waals surface area contributed by atoms with Crippen LogP contribution in [0.2, 0.25) is 0 Å². The smallest absolute Gasteiger partial charge is 0.336 e. The summed E-state index contributed by atoms with van der Waals surface area (Å²) >= 11 is 0. The average molecular weight is 316 g/mol. The number of aliphatic carboxylic acids is 1. The second kappa shape index (κ2) is 5.63. The van der Waals surface area contributed by atoms with Crippen molar-refractivity contribution >= 4 is 15.8 Å². The minimum absolute atomic E-state index is 0.0105. The SMILES string of the molecule is O=C(O)C(O)COc1cccc(S(=O)(=O)C2(CO)CC2)c1. The number of carboxylic acids is 1. The molecule has 1 unspecified atom stereocenters. The molecule has 21 heavy (non-hydrogen) atoms. The number of rotatable bonds is 7. The van der Waals surface area contributed by atoms with Crippen molar-refractivity contribution in [1.82, 2.24) is 0 Å². The molecule has 1 atom stereocenters. The molecule has 0 saturated heterocycles. The molecule has 0 spiro atoms. The van der Waals surface area contributed by atoms with E-state index in [4.69, 9.17) is 14.9 Å². The zero-order chi connectivity index (χ0) is 15.7. The lowest BCUT2D eigenvalue weighted by atomic mass is 10.3. The van der Waals surface area contributed by atoms with Crippen LogP contribution in [-0.2, 0) is 14.6 Å².